The quantitative estimate of drug-likeness (QED) is 0.126. The summed E-state index contributed by atoms with van der Waals surface area (Å²) < 4.78 is 21.0. The predicted octanol–water partition coefficient (Wildman–Crippen LogP) is 2.40. The number of nitrogens with one attached hydrogen (secondary N) is 1. The number of aliphatic hydroxyl groups is 1. The number of aryl methyl sites for hydroxylation is 2. The van der Waals surface area contributed by atoms with Crippen molar-refractivity contribution in [3.8, 4) is 5.75 Å². The molecule has 1 aromatic carbocycles. The Labute approximate surface area is 247 Å². The van der Waals surface area contributed by atoms with E-state index < -0.39 is 53.6 Å². The van der Waals surface area contributed by atoms with Crippen molar-refractivity contribution >= 4 is 29.8 Å². The number of likely N-dealkylation sites (N-methyl/N-ethyl adjacent to an activating group) is 1. The molecule has 0 aliphatic rings. The van der Waals surface area contributed by atoms with E-state index in [1.54, 1.807) is 45.0 Å². The Balaban J connectivity index is 3.13. The molecule has 0 saturated carbocycles. The zero-order chi connectivity index (χ0) is 32.2. The van der Waals surface area contributed by atoms with Crippen molar-refractivity contribution in [2.45, 2.75) is 84.2 Å². The van der Waals surface area contributed by atoms with Gasteiger partial charge in [-0.2, -0.15) is 0 Å². The van der Waals surface area contributed by atoms with Crippen molar-refractivity contribution in [2.24, 2.45) is 0 Å². The number of benzene rings is 1. The van der Waals surface area contributed by atoms with Crippen LogP contribution in [0.2, 0.25) is 0 Å². The molecule has 0 aromatic heterocycles. The van der Waals surface area contributed by atoms with E-state index in [2.05, 4.69) is 11.9 Å². The molecule has 0 spiro atoms. The monoisotopic (exact) mass is 592 g/mol. The van der Waals surface area contributed by atoms with Crippen molar-refractivity contribution in [3.63, 3.8) is 0 Å². The molecule has 0 fully saturated rings. The van der Waals surface area contributed by atoms with Crippen molar-refractivity contribution < 1.29 is 48.0 Å². The number of hydrogen-bond donors (Lipinski definition) is 2. The number of carbonyl (C=O) groups excluding carboxylic acids is 5. The lowest BCUT2D eigenvalue weighted by Gasteiger charge is -2.36. The van der Waals surface area contributed by atoms with Crippen LogP contribution >= 0.6 is 0 Å². The van der Waals surface area contributed by atoms with Gasteiger partial charge in [0, 0.05) is 45.2 Å². The van der Waals surface area contributed by atoms with Crippen LogP contribution in [0.25, 0.3) is 0 Å². The third-order valence-electron chi connectivity index (χ3n) is 6.57. The molecule has 12 nitrogen and oxygen atoms in total. The number of amides is 1. The van der Waals surface area contributed by atoms with Crippen LogP contribution in [0.15, 0.2) is 24.8 Å². The summed E-state index contributed by atoms with van der Waals surface area (Å²) in [4.78, 5) is 62.4. The Morgan fingerprint density at radius 3 is 2.02 bits per heavy atom. The van der Waals surface area contributed by atoms with Gasteiger partial charge in [0.2, 0.25) is 0 Å². The second-order valence-corrected chi connectivity index (χ2v) is 10.5. The minimum absolute atomic E-state index is 0.0108. The number of rotatable bonds is 16. The summed E-state index contributed by atoms with van der Waals surface area (Å²) in [5, 5.41) is 13.8. The molecule has 4 atom stereocenters. The van der Waals surface area contributed by atoms with Gasteiger partial charge in [0.15, 0.2) is 5.60 Å². The minimum Gasteiger partial charge on any atom is -0.467 e. The number of carbonyl (C=O) groups is 5. The molecule has 0 bridgehead atoms. The lowest BCUT2D eigenvalue weighted by molar-refractivity contribution is -0.172. The minimum atomic E-state index is -1.98. The van der Waals surface area contributed by atoms with E-state index in [0.717, 1.165) is 7.11 Å². The normalized spacial score (nSPS) is 14.5. The maximum absolute atomic E-state index is 13.0. The van der Waals surface area contributed by atoms with Gasteiger partial charge in [-0.1, -0.05) is 6.08 Å². The number of esters is 4. The highest BCUT2D eigenvalue weighted by Crippen LogP contribution is 2.28. The van der Waals surface area contributed by atoms with Crippen LogP contribution in [0.3, 0.4) is 0 Å². The van der Waals surface area contributed by atoms with E-state index in [-0.39, 0.29) is 25.8 Å². The summed E-state index contributed by atoms with van der Waals surface area (Å²) in [5.74, 6) is -2.53. The topological polar surface area (TPSA) is 158 Å². The molecule has 1 aromatic rings. The molecule has 1 amide bonds. The van der Waals surface area contributed by atoms with Crippen molar-refractivity contribution in [2.75, 3.05) is 27.7 Å². The van der Waals surface area contributed by atoms with Crippen LogP contribution in [-0.4, -0.2) is 91.4 Å². The molecule has 0 aliphatic carbocycles. The van der Waals surface area contributed by atoms with Gasteiger partial charge in [-0.15, -0.1) is 6.58 Å². The Bertz CT molecular complexity index is 1130. The number of ether oxygens (including phenoxy) is 4. The number of hydrogen-bond acceptors (Lipinski definition) is 11. The first kappa shape index (κ1) is 36.3. The summed E-state index contributed by atoms with van der Waals surface area (Å²) in [5.41, 5.74) is -0.413. The lowest BCUT2D eigenvalue weighted by atomic mass is 9.87. The molecule has 1 rings (SSSR count). The number of methoxy groups -OCH3 is 1. The molecular weight excluding hydrogens is 548 g/mol. The van der Waals surface area contributed by atoms with Crippen molar-refractivity contribution in [1.29, 1.82) is 0 Å². The Hall–Kier alpha value is -3.77. The molecule has 0 saturated heterocycles. The molecule has 2 N–H and O–H groups in total. The standard InChI is InChI=1S/C30H44N2O10/c1-10-13-30(38,29(37)39-9)16-26(41-21(5)34)25(32(7)8)12-11-24(40-20(4)33)17-31-28(36)23-14-18(2)27(19(3)15-23)42-22(6)35/h10,14-15,24-26,38H,1,11-13,16-17H2,2-9H3,(H,31,36)/t24?,25?,26-,30+/m0/s1. The molecular formula is C30H44N2O10. The average molecular weight is 593 g/mol. The zero-order valence-electron chi connectivity index (χ0n) is 25.8. The van der Waals surface area contributed by atoms with Crippen LogP contribution in [-0.2, 0) is 33.4 Å². The largest absolute Gasteiger partial charge is 0.467 e. The molecule has 234 valence electrons. The van der Waals surface area contributed by atoms with Gasteiger partial charge in [-0.05, 0) is 64.0 Å². The molecule has 42 heavy (non-hydrogen) atoms. The van der Waals surface area contributed by atoms with E-state index in [9.17, 15) is 29.1 Å². The zero-order valence-corrected chi connectivity index (χ0v) is 25.8. The van der Waals surface area contributed by atoms with E-state index >= 15 is 0 Å². The Kier molecular flexibility index (Phi) is 14.3. The SMILES string of the molecule is C=CC[C@@](O)(C[C@H](OC(C)=O)C(CCC(CNC(=O)c1cc(C)c(OC(C)=O)c(C)c1)OC(C)=O)N(C)C)C(=O)OC. The summed E-state index contributed by atoms with van der Waals surface area (Å²) in [6.45, 7) is 10.8. The van der Waals surface area contributed by atoms with Gasteiger partial charge >= 0.3 is 23.9 Å². The summed E-state index contributed by atoms with van der Waals surface area (Å²) in [6, 6.07) is 2.68. The van der Waals surface area contributed by atoms with Crippen molar-refractivity contribution in [3.05, 3.63) is 41.5 Å². The maximum Gasteiger partial charge on any atom is 0.338 e. The first-order valence-electron chi connectivity index (χ1n) is 13.5. The van der Waals surface area contributed by atoms with Crippen LogP contribution < -0.4 is 10.1 Å². The predicted molar refractivity (Wildman–Crippen MR) is 154 cm³/mol. The van der Waals surface area contributed by atoms with Gasteiger partial charge < -0.3 is 34.3 Å². The fraction of sp³-hybridized carbons (Fsp3) is 0.567. The lowest BCUT2D eigenvalue weighted by Crippen LogP contribution is -2.50. The van der Waals surface area contributed by atoms with Gasteiger partial charge in [-0.25, -0.2) is 4.79 Å². The second kappa shape index (κ2) is 16.6. The highest BCUT2D eigenvalue weighted by Gasteiger charge is 2.42. The molecule has 0 radical (unpaired) electrons. The molecule has 0 aliphatic heterocycles. The highest BCUT2D eigenvalue weighted by molar-refractivity contribution is 5.95. The van der Waals surface area contributed by atoms with Crippen molar-refractivity contribution in [1.82, 2.24) is 10.2 Å². The van der Waals surface area contributed by atoms with E-state index in [4.69, 9.17) is 18.9 Å². The smallest absolute Gasteiger partial charge is 0.338 e. The fourth-order valence-electron chi connectivity index (χ4n) is 4.75. The van der Waals surface area contributed by atoms with Gasteiger partial charge in [0.05, 0.1) is 13.7 Å². The van der Waals surface area contributed by atoms with E-state index in [1.807, 2.05) is 0 Å². The Morgan fingerprint density at radius 1 is 1.00 bits per heavy atom. The van der Waals surface area contributed by atoms with E-state index in [1.165, 1.54) is 26.8 Å². The summed E-state index contributed by atoms with van der Waals surface area (Å²) in [7, 11) is 4.65. The molecule has 12 heteroatoms. The Morgan fingerprint density at radius 2 is 1.57 bits per heavy atom. The van der Waals surface area contributed by atoms with Gasteiger partial charge in [0.1, 0.15) is 18.0 Å². The first-order valence-corrected chi connectivity index (χ1v) is 13.5. The third-order valence-corrected chi connectivity index (χ3v) is 6.57. The van der Waals surface area contributed by atoms with Crippen LogP contribution in [0.1, 0.15) is 67.9 Å². The van der Waals surface area contributed by atoms with Crippen LogP contribution in [0.4, 0.5) is 0 Å². The maximum atomic E-state index is 13.0. The summed E-state index contributed by atoms with van der Waals surface area (Å²) in [6.07, 6.45) is -0.121. The molecule has 2 unspecified atom stereocenters. The number of nitrogens with zero attached hydrogens (tertiary/aromatic N) is 1. The molecule has 0 heterocycles. The van der Waals surface area contributed by atoms with Gasteiger partial charge in [0.25, 0.3) is 5.91 Å². The van der Waals surface area contributed by atoms with Crippen LogP contribution in [0.5, 0.6) is 5.75 Å². The van der Waals surface area contributed by atoms with Crippen LogP contribution in [0, 0.1) is 13.8 Å². The third kappa shape index (κ3) is 11.2. The fourth-order valence-corrected chi connectivity index (χ4v) is 4.75. The first-order chi connectivity index (χ1) is 19.5. The van der Waals surface area contributed by atoms with Gasteiger partial charge in [-0.3, -0.25) is 19.2 Å². The average Bonchev–Trinajstić information content (AvgIpc) is 2.87. The second-order valence-electron chi connectivity index (χ2n) is 10.5. The highest BCUT2D eigenvalue weighted by atomic mass is 16.6. The van der Waals surface area contributed by atoms with E-state index in [0.29, 0.717) is 28.9 Å². The summed E-state index contributed by atoms with van der Waals surface area (Å²) >= 11 is 0.